The molecule has 0 fully saturated rings. The van der Waals surface area contributed by atoms with E-state index in [2.05, 4.69) is 10.1 Å². The molecule has 118 valence electrons. The monoisotopic (exact) mass is 338 g/mol. The number of carbonyl (C=O) groups excluding carboxylic acids is 1. The van der Waals surface area contributed by atoms with Gasteiger partial charge in [0.25, 0.3) is 0 Å². The van der Waals surface area contributed by atoms with Crippen molar-refractivity contribution in [3.8, 4) is 6.07 Å². The third-order valence-corrected chi connectivity index (χ3v) is 3.75. The van der Waals surface area contributed by atoms with Crippen LogP contribution in [-0.2, 0) is 11.9 Å². The van der Waals surface area contributed by atoms with Gasteiger partial charge >= 0.3 is 5.97 Å². The van der Waals surface area contributed by atoms with Crippen molar-refractivity contribution in [1.82, 2.24) is 9.55 Å². The van der Waals surface area contributed by atoms with Gasteiger partial charge in [-0.05, 0) is 24.3 Å². The van der Waals surface area contributed by atoms with Crippen LogP contribution in [0, 0.1) is 11.3 Å². The molecule has 7 heteroatoms. The number of halogens is 1. The molecule has 0 atom stereocenters. The highest BCUT2D eigenvalue weighted by Crippen LogP contribution is 2.17. The molecule has 0 amide bonds. The summed E-state index contributed by atoms with van der Waals surface area (Å²) in [5.74, 6) is -0.433. The molecule has 0 saturated carbocycles. The molecular formula is C17H11ClN4O2. The van der Waals surface area contributed by atoms with Gasteiger partial charge in [-0.3, -0.25) is 0 Å². The molecule has 0 aliphatic heterocycles. The number of imidazole rings is 1. The SMILES string of the molecule is Cn1c(/C(C#N)=N/OC(=O)c2ccccc2Cl)nc2ccccc21. The fraction of sp³-hybridized carbons (Fsp3) is 0.0588. The van der Waals surface area contributed by atoms with Crippen LogP contribution in [-0.4, -0.2) is 21.2 Å². The number of hydrogen-bond acceptors (Lipinski definition) is 5. The van der Waals surface area contributed by atoms with E-state index in [9.17, 15) is 10.1 Å². The number of hydrogen-bond donors (Lipinski definition) is 0. The van der Waals surface area contributed by atoms with Crippen molar-refractivity contribution in [3.63, 3.8) is 0 Å². The van der Waals surface area contributed by atoms with Crippen molar-refractivity contribution in [3.05, 3.63) is 64.9 Å². The number of carbonyl (C=O) groups is 1. The maximum atomic E-state index is 12.0. The predicted molar refractivity (Wildman–Crippen MR) is 89.7 cm³/mol. The molecule has 6 nitrogen and oxygen atoms in total. The summed E-state index contributed by atoms with van der Waals surface area (Å²) < 4.78 is 1.71. The Morgan fingerprint density at radius 2 is 1.96 bits per heavy atom. The number of aromatic nitrogens is 2. The Labute approximate surface area is 142 Å². The van der Waals surface area contributed by atoms with Gasteiger partial charge in [-0.25, -0.2) is 9.78 Å². The van der Waals surface area contributed by atoms with Crippen LogP contribution in [0.1, 0.15) is 16.2 Å². The summed E-state index contributed by atoms with van der Waals surface area (Å²) in [5, 5.41) is 13.2. The van der Waals surface area contributed by atoms with E-state index >= 15 is 0 Å². The molecule has 0 spiro atoms. The minimum absolute atomic E-state index is 0.103. The molecule has 2 aromatic carbocycles. The van der Waals surface area contributed by atoms with Crippen LogP contribution in [0.15, 0.2) is 53.7 Å². The van der Waals surface area contributed by atoms with Crippen LogP contribution in [0.4, 0.5) is 0 Å². The minimum Gasteiger partial charge on any atom is -0.325 e. The number of aryl methyl sites for hydroxylation is 1. The van der Waals surface area contributed by atoms with E-state index in [1.54, 1.807) is 29.8 Å². The summed E-state index contributed by atoms with van der Waals surface area (Å²) >= 11 is 5.93. The molecule has 0 radical (unpaired) electrons. The van der Waals surface area contributed by atoms with Gasteiger partial charge in [-0.2, -0.15) is 5.26 Å². The van der Waals surface area contributed by atoms with Crippen LogP contribution >= 0.6 is 11.6 Å². The molecule has 0 N–H and O–H groups in total. The standard InChI is InChI=1S/C17H11ClN4O2/c1-22-15-9-5-4-8-13(15)20-16(22)14(10-19)21-24-17(23)11-6-2-3-7-12(11)18/h2-9H,1H3/b21-14+. The lowest BCUT2D eigenvalue weighted by Crippen LogP contribution is -2.09. The second-order valence-corrected chi connectivity index (χ2v) is 5.30. The largest absolute Gasteiger partial charge is 0.367 e. The predicted octanol–water partition coefficient (Wildman–Crippen LogP) is 3.31. The quantitative estimate of drug-likeness (QED) is 0.417. The molecule has 0 unspecified atom stereocenters. The molecule has 3 aromatic rings. The zero-order valence-corrected chi connectivity index (χ0v) is 13.4. The summed E-state index contributed by atoms with van der Waals surface area (Å²) in [5.41, 5.74) is 1.63. The number of nitriles is 1. The van der Waals surface area contributed by atoms with Gasteiger partial charge in [0.1, 0.15) is 6.07 Å². The van der Waals surface area contributed by atoms with Crippen molar-refractivity contribution in [2.45, 2.75) is 0 Å². The van der Waals surface area contributed by atoms with E-state index in [1.165, 1.54) is 6.07 Å². The van der Waals surface area contributed by atoms with E-state index in [4.69, 9.17) is 16.4 Å². The average molecular weight is 339 g/mol. The first-order valence-corrected chi connectivity index (χ1v) is 7.35. The second kappa shape index (κ2) is 6.52. The van der Waals surface area contributed by atoms with Crippen LogP contribution in [0.5, 0.6) is 0 Å². The number of rotatable bonds is 3. The number of para-hydroxylation sites is 2. The van der Waals surface area contributed by atoms with Gasteiger partial charge < -0.3 is 9.40 Å². The first-order chi connectivity index (χ1) is 11.6. The van der Waals surface area contributed by atoms with Crippen molar-refractivity contribution in [2.75, 3.05) is 0 Å². The molecule has 0 bridgehead atoms. The Balaban J connectivity index is 1.92. The fourth-order valence-electron chi connectivity index (χ4n) is 2.23. The Morgan fingerprint density at radius 3 is 2.67 bits per heavy atom. The highest BCUT2D eigenvalue weighted by molar-refractivity contribution is 6.33. The van der Waals surface area contributed by atoms with Crippen molar-refractivity contribution in [2.24, 2.45) is 12.2 Å². The number of nitrogens with zero attached hydrogens (tertiary/aromatic N) is 4. The second-order valence-electron chi connectivity index (χ2n) is 4.89. The summed E-state index contributed by atoms with van der Waals surface area (Å²) in [7, 11) is 1.76. The summed E-state index contributed by atoms with van der Waals surface area (Å²) in [6.45, 7) is 0. The fourth-order valence-corrected chi connectivity index (χ4v) is 2.44. The number of benzene rings is 2. The van der Waals surface area contributed by atoms with Crippen molar-refractivity contribution >= 4 is 34.3 Å². The normalized spacial score (nSPS) is 11.3. The highest BCUT2D eigenvalue weighted by Gasteiger charge is 2.16. The van der Waals surface area contributed by atoms with Gasteiger partial charge in [0.15, 0.2) is 5.82 Å². The lowest BCUT2D eigenvalue weighted by atomic mass is 10.2. The summed E-state index contributed by atoms with van der Waals surface area (Å²) in [6, 6.07) is 15.7. The van der Waals surface area contributed by atoms with E-state index in [0.717, 1.165) is 11.0 Å². The minimum atomic E-state index is -0.743. The van der Waals surface area contributed by atoms with E-state index in [0.29, 0.717) is 5.82 Å². The van der Waals surface area contributed by atoms with Crippen molar-refractivity contribution in [1.29, 1.82) is 5.26 Å². The van der Waals surface area contributed by atoms with Gasteiger partial charge in [0.2, 0.25) is 5.71 Å². The molecule has 24 heavy (non-hydrogen) atoms. The molecule has 3 rings (SSSR count). The molecular weight excluding hydrogens is 328 g/mol. The molecule has 0 saturated heterocycles. The Morgan fingerprint density at radius 1 is 1.25 bits per heavy atom. The molecule has 0 aliphatic rings. The average Bonchev–Trinajstić information content (AvgIpc) is 2.93. The third kappa shape index (κ3) is 2.85. The zero-order valence-electron chi connectivity index (χ0n) is 12.6. The lowest BCUT2D eigenvalue weighted by Gasteiger charge is -2.02. The van der Waals surface area contributed by atoms with Crippen LogP contribution < -0.4 is 0 Å². The summed E-state index contributed by atoms with van der Waals surface area (Å²) in [4.78, 5) is 21.2. The van der Waals surface area contributed by atoms with Crippen LogP contribution in [0.2, 0.25) is 5.02 Å². The van der Waals surface area contributed by atoms with Gasteiger partial charge in [0, 0.05) is 7.05 Å². The smallest absolute Gasteiger partial charge is 0.325 e. The number of oxime groups is 1. The van der Waals surface area contributed by atoms with Gasteiger partial charge in [-0.1, -0.05) is 41.0 Å². The van der Waals surface area contributed by atoms with E-state index < -0.39 is 5.97 Å². The maximum Gasteiger partial charge on any atom is 0.367 e. The van der Waals surface area contributed by atoms with Gasteiger partial charge in [0.05, 0.1) is 21.6 Å². The third-order valence-electron chi connectivity index (χ3n) is 3.42. The van der Waals surface area contributed by atoms with Gasteiger partial charge in [-0.15, -0.1) is 0 Å². The van der Waals surface area contributed by atoms with Crippen LogP contribution in [0.25, 0.3) is 11.0 Å². The molecule has 0 aliphatic carbocycles. The molecule has 1 heterocycles. The first-order valence-electron chi connectivity index (χ1n) is 6.97. The van der Waals surface area contributed by atoms with Crippen LogP contribution in [0.3, 0.4) is 0 Å². The van der Waals surface area contributed by atoms with E-state index in [-0.39, 0.29) is 16.3 Å². The molecule has 1 aromatic heterocycles. The summed E-state index contributed by atoms with van der Waals surface area (Å²) in [6.07, 6.45) is 0. The lowest BCUT2D eigenvalue weighted by molar-refractivity contribution is 0.0517. The first kappa shape index (κ1) is 15.7. The van der Waals surface area contributed by atoms with E-state index in [1.807, 2.05) is 30.3 Å². The Kier molecular flexibility index (Phi) is 4.27. The Hall–Kier alpha value is -3.17. The van der Waals surface area contributed by atoms with Crippen molar-refractivity contribution < 1.29 is 9.63 Å². The maximum absolute atomic E-state index is 12.0. The topological polar surface area (TPSA) is 80.3 Å². The zero-order chi connectivity index (χ0) is 17.1. The Bertz CT molecular complexity index is 1000. The number of fused-ring (bicyclic) bond motifs is 1. The highest BCUT2D eigenvalue weighted by atomic mass is 35.5.